The third-order valence-corrected chi connectivity index (χ3v) is 2.84. The van der Waals surface area contributed by atoms with E-state index < -0.39 is 17.0 Å². The van der Waals surface area contributed by atoms with Gasteiger partial charge in [-0.3, -0.25) is 10.1 Å². The van der Waals surface area contributed by atoms with Crippen molar-refractivity contribution in [2.75, 3.05) is 6.61 Å². The Hall–Kier alpha value is -1.95. The van der Waals surface area contributed by atoms with Crippen molar-refractivity contribution in [3.63, 3.8) is 0 Å². The molecule has 1 N–H and O–H groups in total. The van der Waals surface area contributed by atoms with Gasteiger partial charge < -0.3 is 9.84 Å². The lowest BCUT2D eigenvalue weighted by atomic mass is 9.92. The number of carboxylic acid groups (broad SMARTS) is 1. The highest BCUT2D eigenvalue weighted by molar-refractivity contribution is 5.74. The Morgan fingerprint density at radius 3 is 2.94 bits per heavy atom. The van der Waals surface area contributed by atoms with Crippen molar-refractivity contribution in [3.8, 4) is 0 Å². The second kappa shape index (κ2) is 4.50. The Morgan fingerprint density at radius 2 is 2.29 bits per heavy atom. The number of hydrogen-bond acceptors (Lipinski definition) is 4. The van der Waals surface area contributed by atoms with E-state index in [9.17, 15) is 14.9 Å². The summed E-state index contributed by atoms with van der Waals surface area (Å²) in [6.07, 6.45) is -0.338. The van der Waals surface area contributed by atoms with E-state index in [1.807, 2.05) is 0 Å². The molecule has 0 saturated carbocycles. The number of ether oxygens (including phenoxy) is 1. The number of benzene rings is 1. The van der Waals surface area contributed by atoms with Crippen LogP contribution in [0.15, 0.2) is 24.3 Å². The minimum absolute atomic E-state index is 0.0291. The molecule has 1 aliphatic rings. The number of rotatable bonds is 3. The quantitative estimate of drug-likeness (QED) is 0.636. The number of nitro benzene ring substituents is 1. The first kappa shape index (κ1) is 11.5. The molecule has 0 unspecified atom stereocenters. The normalized spacial score (nSPS) is 23.5. The summed E-state index contributed by atoms with van der Waals surface area (Å²) in [5.74, 6) is -1.34. The van der Waals surface area contributed by atoms with Gasteiger partial charge in [-0.2, -0.15) is 0 Å². The van der Waals surface area contributed by atoms with Crippen LogP contribution in [0.3, 0.4) is 0 Å². The molecule has 0 spiro atoms. The van der Waals surface area contributed by atoms with Crippen molar-refractivity contribution >= 4 is 11.7 Å². The minimum Gasteiger partial charge on any atom is -0.479 e. The molecule has 1 saturated heterocycles. The fraction of sp³-hybridized carbons (Fsp3) is 0.364. The van der Waals surface area contributed by atoms with E-state index in [2.05, 4.69) is 0 Å². The van der Waals surface area contributed by atoms with Crippen LogP contribution in [0, 0.1) is 10.1 Å². The zero-order chi connectivity index (χ0) is 12.4. The first-order valence-corrected chi connectivity index (χ1v) is 5.18. The van der Waals surface area contributed by atoms with Gasteiger partial charge in [0.05, 0.1) is 4.92 Å². The van der Waals surface area contributed by atoms with Gasteiger partial charge in [-0.25, -0.2) is 4.79 Å². The van der Waals surface area contributed by atoms with Crippen LogP contribution >= 0.6 is 0 Å². The van der Waals surface area contributed by atoms with E-state index in [0.29, 0.717) is 18.6 Å². The zero-order valence-corrected chi connectivity index (χ0v) is 8.91. The minimum atomic E-state index is -1.03. The fourth-order valence-corrected chi connectivity index (χ4v) is 2.04. The number of hydrogen-bond donors (Lipinski definition) is 1. The SMILES string of the molecule is O=C(O)[C@@H]1OCC[C@H]1c1cccc([N+](=O)[O-])c1. The molecule has 1 heterocycles. The van der Waals surface area contributed by atoms with Crippen LogP contribution in [0.2, 0.25) is 0 Å². The van der Waals surface area contributed by atoms with Crippen molar-refractivity contribution < 1.29 is 19.6 Å². The predicted octanol–water partition coefficient (Wildman–Crippen LogP) is 1.55. The average Bonchev–Trinajstić information content (AvgIpc) is 2.78. The predicted molar refractivity (Wildman–Crippen MR) is 57.8 cm³/mol. The van der Waals surface area contributed by atoms with E-state index in [1.165, 1.54) is 12.1 Å². The summed E-state index contributed by atoms with van der Waals surface area (Å²) in [4.78, 5) is 21.1. The molecule has 0 bridgehead atoms. The largest absolute Gasteiger partial charge is 0.479 e. The van der Waals surface area contributed by atoms with Gasteiger partial charge in [0.2, 0.25) is 0 Å². The van der Waals surface area contributed by atoms with Gasteiger partial charge in [0.1, 0.15) is 0 Å². The van der Waals surface area contributed by atoms with Crippen molar-refractivity contribution in [2.24, 2.45) is 0 Å². The first-order valence-electron chi connectivity index (χ1n) is 5.18. The summed E-state index contributed by atoms with van der Waals surface area (Å²) in [5, 5.41) is 19.6. The molecular formula is C11H11NO5. The van der Waals surface area contributed by atoms with E-state index in [0.717, 1.165) is 0 Å². The molecule has 0 aromatic heterocycles. The molecular weight excluding hydrogens is 226 g/mol. The van der Waals surface area contributed by atoms with Crippen LogP contribution in [0.5, 0.6) is 0 Å². The number of nitro groups is 1. The maximum atomic E-state index is 10.9. The smallest absolute Gasteiger partial charge is 0.333 e. The summed E-state index contributed by atoms with van der Waals surface area (Å²) < 4.78 is 5.11. The average molecular weight is 237 g/mol. The third-order valence-electron chi connectivity index (χ3n) is 2.84. The van der Waals surface area contributed by atoms with Crippen LogP contribution in [-0.4, -0.2) is 28.7 Å². The van der Waals surface area contributed by atoms with Crippen molar-refractivity contribution in [3.05, 3.63) is 39.9 Å². The van der Waals surface area contributed by atoms with Gasteiger partial charge in [-0.1, -0.05) is 12.1 Å². The van der Waals surface area contributed by atoms with Crippen LogP contribution in [0.4, 0.5) is 5.69 Å². The highest BCUT2D eigenvalue weighted by atomic mass is 16.6. The number of carbonyl (C=O) groups is 1. The highest BCUT2D eigenvalue weighted by Crippen LogP contribution is 2.32. The Bertz CT molecular complexity index is 459. The zero-order valence-electron chi connectivity index (χ0n) is 8.91. The number of carboxylic acids is 1. The summed E-state index contributed by atoms with van der Waals surface area (Å²) in [6.45, 7) is 0.365. The maximum absolute atomic E-state index is 10.9. The second-order valence-electron chi connectivity index (χ2n) is 3.88. The Morgan fingerprint density at radius 1 is 1.53 bits per heavy atom. The number of nitrogens with zero attached hydrogens (tertiary/aromatic N) is 1. The molecule has 2 rings (SSSR count). The lowest BCUT2D eigenvalue weighted by molar-refractivity contribution is -0.384. The molecule has 1 fully saturated rings. The van der Waals surface area contributed by atoms with Gasteiger partial charge in [0.15, 0.2) is 6.10 Å². The molecule has 1 aromatic carbocycles. The van der Waals surface area contributed by atoms with Gasteiger partial charge in [0.25, 0.3) is 5.69 Å². The molecule has 2 atom stereocenters. The van der Waals surface area contributed by atoms with Crippen LogP contribution in [0.1, 0.15) is 17.9 Å². The van der Waals surface area contributed by atoms with Crippen LogP contribution < -0.4 is 0 Å². The van der Waals surface area contributed by atoms with Gasteiger partial charge in [-0.05, 0) is 12.0 Å². The summed E-state index contributed by atoms with van der Waals surface area (Å²) >= 11 is 0. The van der Waals surface area contributed by atoms with Gasteiger partial charge in [-0.15, -0.1) is 0 Å². The van der Waals surface area contributed by atoms with E-state index >= 15 is 0 Å². The fourth-order valence-electron chi connectivity index (χ4n) is 2.04. The molecule has 6 heteroatoms. The molecule has 0 amide bonds. The molecule has 1 aromatic rings. The standard InChI is InChI=1S/C11H11NO5/c13-11(14)10-9(4-5-17-10)7-2-1-3-8(6-7)12(15)16/h1-3,6,9-10H,4-5H2,(H,13,14)/t9-,10+/m0/s1. The van der Waals surface area contributed by atoms with Crippen molar-refractivity contribution in [2.45, 2.75) is 18.4 Å². The van der Waals surface area contributed by atoms with Crippen LogP contribution in [0.25, 0.3) is 0 Å². The maximum Gasteiger partial charge on any atom is 0.333 e. The van der Waals surface area contributed by atoms with E-state index in [1.54, 1.807) is 12.1 Å². The molecule has 90 valence electrons. The highest BCUT2D eigenvalue weighted by Gasteiger charge is 2.35. The molecule has 0 aliphatic carbocycles. The molecule has 0 radical (unpaired) electrons. The van der Waals surface area contributed by atoms with Crippen molar-refractivity contribution in [1.82, 2.24) is 0 Å². The summed E-state index contributed by atoms with van der Waals surface area (Å²) in [7, 11) is 0. The van der Waals surface area contributed by atoms with E-state index in [4.69, 9.17) is 9.84 Å². The topological polar surface area (TPSA) is 89.7 Å². The Labute approximate surface area is 97.0 Å². The monoisotopic (exact) mass is 237 g/mol. The molecule has 1 aliphatic heterocycles. The summed E-state index contributed by atoms with van der Waals surface area (Å²) in [5.41, 5.74) is 0.614. The Kier molecular flexibility index (Phi) is 3.06. The van der Waals surface area contributed by atoms with Gasteiger partial charge in [0, 0.05) is 24.7 Å². The van der Waals surface area contributed by atoms with E-state index in [-0.39, 0.29) is 11.6 Å². The van der Waals surface area contributed by atoms with Gasteiger partial charge >= 0.3 is 5.97 Å². The lowest BCUT2D eigenvalue weighted by Crippen LogP contribution is -2.24. The lowest BCUT2D eigenvalue weighted by Gasteiger charge is -2.14. The van der Waals surface area contributed by atoms with Crippen molar-refractivity contribution in [1.29, 1.82) is 0 Å². The third kappa shape index (κ3) is 2.26. The second-order valence-corrected chi connectivity index (χ2v) is 3.88. The first-order chi connectivity index (χ1) is 8.09. The summed E-state index contributed by atoms with van der Waals surface area (Å²) in [6, 6.07) is 6.05. The molecule has 17 heavy (non-hydrogen) atoms. The number of non-ortho nitro benzene ring substituents is 1. The Balaban J connectivity index is 2.30. The molecule has 6 nitrogen and oxygen atoms in total. The van der Waals surface area contributed by atoms with Crippen LogP contribution in [-0.2, 0) is 9.53 Å². The number of aliphatic carboxylic acids is 1.